The van der Waals surface area contributed by atoms with Crippen LogP contribution in [0, 0.1) is 40.4 Å². The molecule has 212 valence electrons. The van der Waals surface area contributed by atoms with Gasteiger partial charge in [0.2, 0.25) is 0 Å². The van der Waals surface area contributed by atoms with Gasteiger partial charge >= 0.3 is 12.1 Å². The van der Waals surface area contributed by atoms with Crippen molar-refractivity contribution in [3.8, 4) is 0 Å². The number of aliphatic carboxylic acids is 1. The molecule has 0 aromatic carbocycles. The van der Waals surface area contributed by atoms with E-state index < -0.39 is 30.3 Å². The molecule has 0 aromatic rings. The predicted molar refractivity (Wildman–Crippen MR) is 142 cm³/mol. The van der Waals surface area contributed by atoms with Crippen LogP contribution in [0.3, 0.4) is 0 Å². The first-order valence-electron chi connectivity index (χ1n) is 15.0. The summed E-state index contributed by atoms with van der Waals surface area (Å²) in [6, 6.07) is 0. The normalized spacial score (nSPS) is 42.6. The standard InChI is InChI=1S/C30H51NO6/c1-5-6-7-8-13-30(4,36)25-10-9-21-20-17-24(32)23-16-19(37-27(35)31-18-26(33)34)11-14-28(23,2)22(20)12-15-29(21,25)3/h19-25,32,36H,5-18H2,1-4H3,(H,31,35)(H,33,34)/t19-,20-,21-,22-,23+,24-,25-,28+,29-,30-/m0/s1. The van der Waals surface area contributed by atoms with Crippen LogP contribution in [-0.2, 0) is 9.53 Å². The zero-order chi connectivity index (χ0) is 27.0. The van der Waals surface area contributed by atoms with Gasteiger partial charge in [-0.1, -0.05) is 46.5 Å². The monoisotopic (exact) mass is 521 g/mol. The summed E-state index contributed by atoms with van der Waals surface area (Å²) in [6.07, 6.45) is 11.9. The van der Waals surface area contributed by atoms with Crippen molar-refractivity contribution >= 4 is 12.1 Å². The van der Waals surface area contributed by atoms with Gasteiger partial charge in [-0.3, -0.25) is 4.79 Å². The van der Waals surface area contributed by atoms with Crippen LogP contribution < -0.4 is 5.32 Å². The summed E-state index contributed by atoms with van der Waals surface area (Å²) in [6.45, 7) is 8.66. The van der Waals surface area contributed by atoms with E-state index in [0.717, 1.165) is 57.8 Å². The summed E-state index contributed by atoms with van der Waals surface area (Å²) in [5, 5.41) is 34.2. The van der Waals surface area contributed by atoms with Crippen LogP contribution in [0.4, 0.5) is 4.79 Å². The highest BCUT2D eigenvalue weighted by Crippen LogP contribution is 2.68. The lowest BCUT2D eigenvalue weighted by atomic mass is 9.43. The fraction of sp³-hybridized carbons (Fsp3) is 0.933. The quantitative estimate of drug-likeness (QED) is 0.297. The third-order valence-corrected chi connectivity index (χ3v) is 11.6. The molecule has 0 aromatic heterocycles. The summed E-state index contributed by atoms with van der Waals surface area (Å²) in [5.41, 5.74) is -0.483. The highest BCUT2D eigenvalue weighted by atomic mass is 16.6. The lowest BCUT2D eigenvalue weighted by Gasteiger charge is -2.62. The van der Waals surface area contributed by atoms with Crippen LogP contribution in [0.15, 0.2) is 0 Å². The zero-order valence-corrected chi connectivity index (χ0v) is 23.5. The molecule has 4 rings (SSSR count). The first-order valence-corrected chi connectivity index (χ1v) is 15.0. The molecule has 4 saturated carbocycles. The zero-order valence-electron chi connectivity index (χ0n) is 23.5. The number of unbranched alkanes of at least 4 members (excludes halogenated alkanes) is 3. The molecule has 7 heteroatoms. The van der Waals surface area contributed by atoms with E-state index in [-0.39, 0.29) is 22.9 Å². The number of carboxylic acid groups (broad SMARTS) is 1. The Bertz CT molecular complexity index is 831. The van der Waals surface area contributed by atoms with Gasteiger partial charge in [-0.2, -0.15) is 0 Å². The number of aliphatic hydroxyl groups is 2. The number of hydrogen-bond donors (Lipinski definition) is 4. The smallest absolute Gasteiger partial charge is 0.407 e. The number of nitrogens with one attached hydrogen (secondary N) is 1. The first kappa shape index (κ1) is 28.7. The van der Waals surface area contributed by atoms with E-state index in [9.17, 15) is 19.8 Å². The van der Waals surface area contributed by atoms with Gasteiger partial charge in [-0.25, -0.2) is 4.79 Å². The topological polar surface area (TPSA) is 116 Å². The summed E-state index contributed by atoms with van der Waals surface area (Å²) < 4.78 is 5.55. The molecular weight excluding hydrogens is 470 g/mol. The van der Waals surface area contributed by atoms with Crippen molar-refractivity contribution in [1.82, 2.24) is 5.32 Å². The third kappa shape index (κ3) is 5.54. The van der Waals surface area contributed by atoms with Crippen LogP contribution in [0.25, 0.3) is 0 Å². The van der Waals surface area contributed by atoms with Crippen LogP contribution in [-0.4, -0.2) is 51.7 Å². The Morgan fingerprint density at radius 2 is 1.68 bits per heavy atom. The van der Waals surface area contributed by atoms with Crippen molar-refractivity contribution < 1.29 is 29.6 Å². The lowest BCUT2D eigenvalue weighted by Crippen LogP contribution is -2.59. The number of amides is 1. The maximum absolute atomic E-state index is 12.1. The molecule has 1 amide bonds. The Labute approximate surface area is 223 Å². The van der Waals surface area contributed by atoms with Gasteiger partial charge in [0.1, 0.15) is 12.6 Å². The number of carbonyl (C=O) groups excluding carboxylic acids is 1. The molecule has 0 unspecified atom stereocenters. The summed E-state index contributed by atoms with van der Waals surface area (Å²) in [7, 11) is 0. The van der Waals surface area contributed by atoms with Gasteiger partial charge in [0.25, 0.3) is 0 Å². The molecule has 7 nitrogen and oxygen atoms in total. The number of alkyl carbamates (subject to hydrolysis) is 1. The average Bonchev–Trinajstić information content (AvgIpc) is 3.20. The van der Waals surface area contributed by atoms with E-state index in [0.29, 0.717) is 30.1 Å². The van der Waals surface area contributed by atoms with Crippen molar-refractivity contribution in [2.24, 2.45) is 40.4 Å². The van der Waals surface area contributed by atoms with Gasteiger partial charge in [0, 0.05) is 0 Å². The minimum absolute atomic E-state index is 0.0157. The minimum atomic E-state index is -1.10. The van der Waals surface area contributed by atoms with Gasteiger partial charge in [-0.15, -0.1) is 0 Å². The van der Waals surface area contributed by atoms with Gasteiger partial charge in [0.05, 0.1) is 11.7 Å². The number of carbonyl (C=O) groups is 2. The van der Waals surface area contributed by atoms with Crippen LogP contribution in [0.1, 0.15) is 111 Å². The predicted octanol–water partition coefficient (Wildman–Crippen LogP) is 5.52. The Morgan fingerprint density at radius 3 is 2.38 bits per heavy atom. The highest BCUT2D eigenvalue weighted by molar-refractivity contribution is 5.76. The molecule has 4 fully saturated rings. The lowest BCUT2D eigenvalue weighted by molar-refractivity contribution is -0.179. The second-order valence-electron chi connectivity index (χ2n) is 13.7. The Hall–Kier alpha value is -1.34. The number of rotatable bonds is 9. The first-order chi connectivity index (χ1) is 17.4. The Balaban J connectivity index is 1.43. The van der Waals surface area contributed by atoms with E-state index in [1.54, 1.807) is 0 Å². The molecule has 0 heterocycles. The van der Waals surface area contributed by atoms with Crippen molar-refractivity contribution in [2.75, 3.05) is 6.54 Å². The number of aliphatic hydroxyl groups excluding tert-OH is 1. The van der Waals surface area contributed by atoms with Crippen molar-refractivity contribution in [3.05, 3.63) is 0 Å². The van der Waals surface area contributed by atoms with Crippen molar-refractivity contribution in [2.45, 2.75) is 129 Å². The summed E-state index contributed by atoms with van der Waals surface area (Å²) in [4.78, 5) is 22.8. The summed E-state index contributed by atoms with van der Waals surface area (Å²) in [5.74, 6) is 0.882. The maximum Gasteiger partial charge on any atom is 0.407 e. The molecular formula is C30H51NO6. The fourth-order valence-corrected chi connectivity index (χ4v) is 9.82. The number of ether oxygens (including phenoxy) is 1. The summed E-state index contributed by atoms with van der Waals surface area (Å²) >= 11 is 0. The van der Waals surface area contributed by atoms with E-state index >= 15 is 0 Å². The molecule has 0 radical (unpaired) electrons. The second-order valence-corrected chi connectivity index (χ2v) is 13.7. The Kier molecular flexibility index (Phi) is 8.55. The molecule has 4 aliphatic rings. The van der Waals surface area contributed by atoms with Gasteiger partial charge in [-0.05, 0) is 105 Å². The molecule has 37 heavy (non-hydrogen) atoms. The Morgan fingerprint density at radius 1 is 0.973 bits per heavy atom. The number of fused-ring (bicyclic) bond motifs is 5. The minimum Gasteiger partial charge on any atom is -0.480 e. The van der Waals surface area contributed by atoms with E-state index in [1.165, 1.54) is 19.3 Å². The van der Waals surface area contributed by atoms with Crippen LogP contribution in [0.2, 0.25) is 0 Å². The molecule has 0 aliphatic heterocycles. The van der Waals surface area contributed by atoms with E-state index in [4.69, 9.17) is 9.84 Å². The second kappa shape index (κ2) is 11.0. The van der Waals surface area contributed by atoms with Crippen molar-refractivity contribution in [1.29, 1.82) is 0 Å². The van der Waals surface area contributed by atoms with Gasteiger partial charge in [0.15, 0.2) is 0 Å². The molecule has 10 atom stereocenters. The van der Waals surface area contributed by atoms with E-state index in [1.807, 2.05) is 0 Å². The highest BCUT2D eigenvalue weighted by Gasteiger charge is 2.64. The van der Waals surface area contributed by atoms with Crippen molar-refractivity contribution in [3.63, 3.8) is 0 Å². The number of carboxylic acids is 1. The maximum atomic E-state index is 12.1. The molecule has 0 spiro atoms. The fourth-order valence-electron chi connectivity index (χ4n) is 9.82. The molecule has 4 aliphatic carbocycles. The van der Waals surface area contributed by atoms with Gasteiger partial charge < -0.3 is 25.4 Å². The third-order valence-electron chi connectivity index (χ3n) is 11.6. The molecule has 4 N–H and O–H groups in total. The molecule has 0 bridgehead atoms. The SMILES string of the molecule is CCCCCC[C@](C)(O)[C@H]1CC[C@H]2[C@@H]3C[C@H](O)[C@H]4C[C@@H](OC(=O)NCC(=O)O)CC[C@]4(C)[C@H]3CC[C@@]21C. The van der Waals surface area contributed by atoms with Crippen LogP contribution >= 0.6 is 0 Å². The average molecular weight is 522 g/mol. The van der Waals surface area contributed by atoms with Crippen LogP contribution in [0.5, 0.6) is 0 Å². The number of hydrogen-bond acceptors (Lipinski definition) is 5. The van der Waals surface area contributed by atoms with E-state index in [2.05, 4.69) is 33.0 Å². The largest absolute Gasteiger partial charge is 0.480 e. The molecule has 0 saturated heterocycles.